The summed E-state index contributed by atoms with van der Waals surface area (Å²) >= 11 is 11.5. The van der Waals surface area contributed by atoms with Crippen LogP contribution >= 0.6 is 38.9 Å². The van der Waals surface area contributed by atoms with E-state index in [2.05, 4.69) is 40.4 Å². The second-order valence-electron chi connectivity index (χ2n) is 4.28. The van der Waals surface area contributed by atoms with E-state index in [9.17, 15) is 0 Å². The molecule has 0 saturated heterocycles. The lowest BCUT2D eigenvalue weighted by atomic mass is 9.87. The zero-order valence-electron chi connectivity index (χ0n) is 8.67. The number of allylic oxidation sites excluding steroid dienone is 2. The fraction of sp³-hybridized carbons (Fsp3) is 0.500. The van der Waals surface area contributed by atoms with Crippen molar-refractivity contribution >= 4 is 38.9 Å². The molecule has 15 heavy (non-hydrogen) atoms. The Bertz CT molecular complexity index is 369. The number of hydrogen-bond acceptors (Lipinski definition) is 1. The van der Waals surface area contributed by atoms with Gasteiger partial charge in [0.25, 0.3) is 0 Å². The van der Waals surface area contributed by atoms with Gasteiger partial charge in [0.2, 0.25) is 0 Å². The van der Waals surface area contributed by atoms with Gasteiger partial charge in [-0.3, -0.25) is 0 Å². The summed E-state index contributed by atoms with van der Waals surface area (Å²) < 4.78 is 1.26. The fourth-order valence-corrected chi connectivity index (χ4v) is 3.85. The van der Waals surface area contributed by atoms with Crippen LogP contribution in [0.25, 0.3) is 0 Å². The van der Waals surface area contributed by atoms with Gasteiger partial charge in [0.15, 0.2) is 0 Å². The van der Waals surface area contributed by atoms with Crippen molar-refractivity contribution in [1.82, 2.24) is 0 Å². The van der Waals surface area contributed by atoms with E-state index in [4.69, 9.17) is 11.6 Å². The number of halogens is 2. The van der Waals surface area contributed by atoms with Crippen LogP contribution in [0.15, 0.2) is 26.9 Å². The minimum absolute atomic E-state index is 0.237. The monoisotopic (exact) mass is 304 g/mol. The Morgan fingerprint density at radius 3 is 3.00 bits per heavy atom. The quantitative estimate of drug-likeness (QED) is 0.532. The van der Waals surface area contributed by atoms with Crippen molar-refractivity contribution in [3.63, 3.8) is 0 Å². The third-order valence-corrected chi connectivity index (χ3v) is 4.88. The highest BCUT2D eigenvalue weighted by molar-refractivity contribution is 9.11. The molecule has 1 aromatic rings. The number of rotatable bonds is 2. The Balaban J connectivity index is 2.09. The van der Waals surface area contributed by atoms with Crippen LogP contribution in [0.4, 0.5) is 0 Å². The molecule has 0 radical (unpaired) electrons. The Morgan fingerprint density at radius 2 is 2.40 bits per heavy atom. The molecular weight excluding hydrogens is 292 g/mol. The minimum Gasteiger partial charge on any atom is -0.137 e. The third-order valence-electron chi connectivity index (χ3n) is 2.77. The zero-order chi connectivity index (χ0) is 10.8. The van der Waals surface area contributed by atoms with E-state index in [0.717, 1.165) is 18.8 Å². The van der Waals surface area contributed by atoms with Crippen molar-refractivity contribution in [2.24, 2.45) is 5.92 Å². The summed E-state index contributed by atoms with van der Waals surface area (Å²) in [5.41, 5.74) is 2.89. The molecule has 1 aliphatic carbocycles. The summed E-state index contributed by atoms with van der Waals surface area (Å²) in [6.45, 7) is 2.28. The van der Waals surface area contributed by atoms with Crippen LogP contribution in [0.3, 0.4) is 0 Å². The third kappa shape index (κ3) is 3.08. The van der Waals surface area contributed by atoms with E-state index in [1.54, 1.807) is 11.3 Å². The van der Waals surface area contributed by atoms with Gasteiger partial charge in [-0.2, -0.15) is 0 Å². The molecule has 3 heteroatoms. The minimum atomic E-state index is 0.237. The first-order valence-electron chi connectivity index (χ1n) is 5.20. The van der Waals surface area contributed by atoms with Gasteiger partial charge in [0, 0.05) is 0 Å². The molecule has 0 bridgehead atoms. The van der Waals surface area contributed by atoms with Crippen LogP contribution < -0.4 is 0 Å². The van der Waals surface area contributed by atoms with Crippen LogP contribution in [-0.2, 0) is 6.42 Å². The van der Waals surface area contributed by atoms with Gasteiger partial charge >= 0.3 is 0 Å². The van der Waals surface area contributed by atoms with Crippen molar-refractivity contribution in [2.45, 2.75) is 31.6 Å². The van der Waals surface area contributed by atoms with Gasteiger partial charge in [0.05, 0.1) is 9.16 Å². The highest BCUT2D eigenvalue weighted by Gasteiger charge is 2.18. The molecular formula is C12H14BrClS. The fourth-order valence-electron chi connectivity index (χ4n) is 2.13. The molecule has 1 aromatic heterocycles. The number of alkyl halides is 1. The molecule has 82 valence electrons. The molecule has 0 fully saturated rings. The van der Waals surface area contributed by atoms with E-state index >= 15 is 0 Å². The SMILES string of the molecule is CC1CC(Cc2ccsc2Br)=CC(Cl)C1. The highest BCUT2D eigenvalue weighted by atomic mass is 79.9. The molecule has 0 amide bonds. The predicted octanol–water partition coefficient (Wildman–Crippen LogP) is 5.02. The van der Waals surface area contributed by atoms with Crippen molar-refractivity contribution in [2.75, 3.05) is 0 Å². The molecule has 0 saturated carbocycles. The standard InChI is InChI=1S/C12H14BrClS/c1-8-4-9(7-11(14)5-8)6-10-2-3-15-12(10)13/h2-3,7-8,11H,4-6H2,1H3. The normalized spacial score (nSPS) is 26.5. The lowest BCUT2D eigenvalue weighted by Gasteiger charge is -2.22. The Morgan fingerprint density at radius 1 is 1.60 bits per heavy atom. The second-order valence-corrected chi connectivity index (χ2v) is 7.08. The Hall–Kier alpha value is 0.210. The lowest BCUT2D eigenvalue weighted by molar-refractivity contribution is 0.508. The Kier molecular flexibility index (Phi) is 3.92. The molecule has 1 aliphatic rings. The largest absolute Gasteiger partial charge is 0.137 e. The van der Waals surface area contributed by atoms with Gasteiger partial charge < -0.3 is 0 Å². The summed E-state index contributed by atoms with van der Waals surface area (Å²) in [6, 6.07) is 2.19. The summed E-state index contributed by atoms with van der Waals surface area (Å²) in [7, 11) is 0. The Labute approximate surface area is 108 Å². The van der Waals surface area contributed by atoms with Crippen LogP contribution in [0.5, 0.6) is 0 Å². The van der Waals surface area contributed by atoms with Crippen LogP contribution in [0, 0.1) is 5.92 Å². The lowest BCUT2D eigenvalue weighted by Crippen LogP contribution is -2.12. The van der Waals surface area contributed by atoms with Crippen LogP contribution in [0.2, 0.25) is 0 Å². The topological polar surface area (TPSA) is 0 Å². The van der Waals surface area contributed by atoms with Crippen molar-refractivity contribution in [1.29, 1.82) is 0 Å². The molecule has 2 unspecified atom stereocenters. The maximum Gasteiger partial charge on any atom is 0.0733 e. The molecule has 1 heterocycles. The smallest absolute Gasteiger partial charge is 0.0733 e. The zero-order valence-corrected chi connectivity index (χ0v) is 11.8. The summed E-state index contributed by atoms with van der Waals surface area (Å²) in [5.74, 6) is 0.727. The first-order chi connectivity index (χ1) is 7.15. The van der Waals surface area contributed by atoms with Gasteiger partial charge in [0.1, 0.15) is 0 Å². The molecule has 2 atom stereocenters. The van der Waals surface area contributed by atoms with Gasteiger partial charge in [-0.25, -0.2) is 0 Å². The van der Waals surface area contributed by atoms with E-state index in [0.29, 0.717) is 0 Å². The van der Waals surface area contributed by atoms with Crippen LogP contribution in [0.1, 0.15) is 25.3 Å². The van der Waals surface area contributed by atoms with E-state index in [-0.39, 0.29) is 5.38 Å². The van der Waals surface area contributed by atoms with Gasteiger partial charge in [-0.15, -0.1) is 22.9 Å². The van der Waals surface area contributed by atoms with Crippen molar-refractivity contribution in [3.05, 3.63) is 32.4 Å². The first kappa shape index (κ1) is 11.7. The number of hydrogen-bond donors (Lipinski definition) is 0. The average molecular weight is 306 g/mol. The maximum absolute atomic E-state index is 6.20. The average Bonchev–Trinajstić information content (AvgIpc) is 2.50. The molecule has 0 aromatic carbocycles. The first-order valence-corrected chi connectivity index (χ1v) is 7.31. The molecule has 0 aliphatic heterocycles. The maximum atomic E-state index is 6.20. The molecule has 0 nitrogen and oxygen atoms in total. The molecule has 2 rings (SSSR count). The van der Waals surface area contributed by atoms with E-state index in [1.807, 2.05) is 0 Å². The van der Waals surface area contributed by atoms with Crippen LogP contribution in [-0.4, -0.2) is 5.38 Å². The summed E-state index contributed by atoms with van der Waals surface area (Å²) in [6.07, 6.45) is 5.62. The molecule has 0 spiro atoms. The predicted molar refractivity (Wildman–Crippen MR) is 71.8 cm³/mol. The van der Waals surface area contributed by atoms with Gasteiger partial charge in [-0.1, -0.05) is 18.6 Å². The van der Waals surface area contributed by atoms with Gasteiger partial charge in [-0.05, 0) is 58.1 Å². The van der Waals surface area contributed by atoms with Crippen molar-refractivity contribution < 1.29 is 0 Å². The highest BCUT2D eigenvalue weighted by Crippen LogP contribution is 2.32. The second kappa shape index (κ2) is 5.03. The van der Waals surface area contributed by atoms with E-state index in [1.165, 1.54) is 21.3 Å². The van der Waals surface area contributed by atoms with Crippen molar-refractivity contribution in [3.8, 4) is 0 Å². The summed E-state index contributed by atoms with van der Waals surface area (Å²) in [4.78, 5) is 0. The number of thiophene rings is 1. The summed E-state index contributed by atoms with van der Waals surface area (Å²) in [5, 5.41) is 2.37. The van der Waals surface area contributed by atoms with E-state index < -0.39 is 0 Å². The molecule has 0 N–H and O–H groups in total.